The van der Waals surface area contributed by atoms with E-state index in [1.54, 1.807) is 31.2 Å². The zero-order chi connectivity index (χ0) is 22.5. The highest BCUT2D eigenvalue weighted by Gasteiger charge is 2.23. The fourth-order valence-electron chi connectivity index (χ4n) is 3.21. The minimum Gasteiger partial charge on any atom is -0.507 e. The van der Waals surface area contributed by atoms with Crippen molar-refractivity contribution in [1.82, 2.24) is 0 Å². The van der Waals surface area contributed by atoms with Crippen molar-refractivity contribution in [2.45, 2.75) is 18.7 Å². The van der Waals surface area contributed by atoms with Crippen molar-refractivity contribution in [1.29, 1.82) is 0 Å². The number of nitrogens with zero attached hydrogens (tertiary/aromatic N) is 1. The van der Waals surface area contributed by atoms with Crippen molar-refractivity contribution in [3.05, 3.63) is 75.1 Å². The number of hydrogen-bond donors (Lipinski definition) is 1. The van der Waals surface area contributed by atoms with Gasteiger partial charge in [-0.05, 0) is 62.4 Å². The van der Waals surface area contributed by atoms with Gasteiger partial charge in [0.2, 0.25) is 0 Å². The molecule has 4 rings (SSSR count). The van der Waals surface area contributed by atoms with Crippen LogP contribution in [0.3, 0.4) is 0 Å². The normalized spacial score (nSPS) is 11.7. The lowest BCUT2D eigenvalue weighted by Gasteiger charge is -2.19. The predicted molar refractivity (Wildman–Crippen MR) is 118 cm³/mol. The van der Waals surface area contributed by atoms with E-state index in [9.17, 15) is 18.3 Å². The highest BCUT2D eigenvalue weighted by Crippen LogP contribution is 2.35. The van der Waals surface area contributed by atoms with Gasteiger partial charge in [0.15, 0.2) is 11.5 Å². The van der Waals surface area contributed by atoms with Crippen LogP contribution in [0.5, 0.6) is 5.75 Å². The second-order valence-corrected chi connectivity index (χ2v) is 9.48. The van der Waals surface area contributed by atoms with Crippen LogP contribution in [0.15, 0.2) is 67.1 Å². The molecular weight excluding hydrogens is 442 g/mol. The summed E-state index contributed by atoms with van der Waals surface area (Å²) in [6.07, 6.45) is 0. The molecule has 2 aromatic carbocycles. The SMILES string of the molecule is Cc1c(-c2cc3cc(N(C)S(=O)(=O)c4ccc(Cl)cc4)ccc3o2)oc(=O)c(C)c1O. The van der Waals surface area contributed by atoms with Gasteiger partial charge in [0.1, 0.15) is 11.3 Å². The molecule has 0 fully saturated rings. The maximum Gasteiger partial charge on any atom is 0.343 e. The van der Waals surface area contributed by atoms with Gasteiger partial charge in [-0.3, -0.25) is 4.31 Å². The van der Waals surface area contributed by atoms with Gasteiger partial charge in [0.05, 0.1) is 16.1 Å². The third-order valence-corrected chi connectivity index (χ3v) is 7.16. The standard InChI is InChI=1S/C22H18ClNO6S/c1-12-20(25)13(2)22(26)30-21(12)19-11-14-10-16(6-9-18(14)29-19)24(3)31(27,28)17-7-4-15(23)5-8-17/h4-11,25H,1-3H3. The molecule has 0 radical (unpaired) electrons. The zero-order valence-corrected chi connectivity index (χ0v) is 18.4. The molecule has 0 amide bonds. The minimum atomic E-state index is -3.79. The summed E-state index contributed by atoms with van der Waals surface area (Å²) < 4.78 is 38.1. The Kier molecular flexibility index (Phi) is 5.07. The Hall–Kier alpha value is -3.23. The first-order valence-electron chi connectivity index (χ1n) is 9.21. The Bertz CT molecular complexity index is 1470. The fourth-order valence-corrected chi connectivity index (χ4v) is 4.52. The van der Waals surface area contributed by atoms with Gasteiger partial charge in [-0.15, -0.1) is 0 Å². The Morgan fingerprint density at radius 2 is 1.65 bits per heavy atom. The number of benzene rings is 2. The summed E-state index contributed by atoms with van der Waals surface area (Å²) in [6.45, 7) is 3.09. The average molecular weight is 460 g/mol. The lowest BCUT2D eigenvalue weighted by Crippen LogP contribution is -2.26. The van der Waals surface area contributed by atoms with E-state index in [0.717, 1.165) is 4.31 Å². The summed E-state index contributed by atoms with van der Waals surface area (Å²) >= 11 is 5.85. The number of fused-ring (bicyclic) bond motifs is 1. The van der Waals surface area contributed by atoms with Gasteiger partial charge in [-0.25, -0.2) is 13.2 Å². The van der Waals surface area contributed by atoms with Crippen LogP contribution in [0.2, 0.25) is 5.02 Å². The number of rotatable bonds is 4. The van der Waals surface area contributed by atoms with Crippen LogP contribution in [-0.2, 0) is 10.0 Å². The van der Waals surface area contributed by atoms with Crippen LogP contribution < -0.4 is 9.93 Å². The van der Waals surface area contributed by atoms with Crippen LogP contribution in [0.4, 0.5) is 5.69 Å². The van der Waals surface area contributed by atoms with Gasteiger partial charge in [-0.2, -0.15) is 0 Å². The fraction of sp³-hybridized carbons (Fsp3) is 0.136. The first-order valence-corrected chi connectivity index (χ1v) is 11.0. The molecule has 0 saturated heterocycles. The summed E-state index contributed by atoms with van der Waals surface area (Å²) in [5.41, 5.74) is 0.721. The van der Waals surface area contributed by atoms with Crippen molar-refractivity contribution >= 4 is 38.3 Å². The molecule has 0 bridgehead atoms. The summed E-state index contributed by atoms with van der Waals surface area (Å²) in [7, 11) is -2.34. The Morgan fingerprint density at radius 3 is 2.32 bits per heavy atom. The molecule has 0 unspecified atom stereocenters. The van der Waals surface area contributed by atoms with Gasteiger partial charge in [0.25, 0.3) is 10.0 Å². The lowest BCUT2D eigenvalue weighted by molar-refractivity contribution is 0.433. The minimum absolute atomic E-state index is 0.111. The molecule has 9 heteroatoms. The van der Waals surface area contributed by atoms with E-state index in [0.29, 0.717) is 27.2 Å². The Balaban J connectivity index is 1.76. The van der Waals surface area contributed by atoms with Crippen molar-refractivity contribution in [2.24, 2.45) is 0 Å². The number of sulfonamides is 1. The predicted octanol–water partition coefficient (Wildman–Crippen LogP) is 4.85. The van der Waals surface area contributed by atoms with E-state index in [1.807, 2.05) is 0 Å². The van der Waals surface area contributed by atoms with Crippen molar-refractivity contribution in [3.63, 3.8) is 0 Å². The smallest absolute Gasteiger partial charge is 0.343 e. The second-order valence-electron chi connectivity index (χ2n) is 7.08. The molecule has 0 aliphatic carbocycles. The first-order chi connectivity index (χ1) is 14.6. The molecule has 160 valence electrons. The molecule has 2 heterocycles. The monoisotopic (exact) mass is 459 g/mol. The van der Waals surface area contributed by atoms with Crippen LogP contribution in [-0.4, -0.2) is 20.6 Å². The molecule has 0 saturated carbocycles. The van der Waals surface area contributed by atoms with E-state index in [1.165, 1.54) is 38.2 Å². The Morgan fingerprint density at radius 1 is 0.968 bits per heavy atom. The largest absolute Gasteiger partial charge is 0.507 e. The third-order valence-electron chi connectivity index (χ3n) is 5.11. The molecule has 31 heavy (non-hydrogen) atoms. The second kappa shape index (κ2) is 7.47. The average Bonchev–Trinajstić information content (AvgIpc) is 3.17. The highest BCUT2D eigenvalue weighted by molar-refractivity contribution is 7.92. The van der Waals surface area contributed by atoms with Crippen molar-refractivity contribution in [3.8, 4) is 17.3 Å². The van der Waals surface area contributed by atoms with Crippen LogP contribution in [0.25, 0.3) is 22.5 Å². The van der Waals surface area contributed by atoms with E-state index < -0.39 is 15.6 Å². The molecule has 0 aliphatic rings. The zero-order valence-electron chi connectivity index (χ0n) is 16.8. The molecule has 4 aromatic rings. The number of hydrogen-bond acceptors (Lipinski definition) is 6. The van der Waals surface area contributed by atoms with Crippen LogP contribution in [0, 0.1) is 13.8 Å². The van der Waals surface area contributed by atoms with Gasteiger partial charge in [-0.1, -0.05) is 11.6 Å². The maximum atomic E-state index is 12.9. The van der Waals surface area contributed by atoms with Crippen molar-refractivity contribution in [2.75, 3.05) is 11.4 Å². The van der Waals surface area contributed by atoms with Crippen molar-refractivity contribution < 1.29 is 22.4 Å². The van der Waals surface area contributed by atoms with E-state index in [2.05, 4.69) is 0 Å². The molecule has 2 aromatic heterocycles. The summed E-state index contributed by atoms with van der Waals surface area (Å²) in [6, 6.07) is 12.4. The summed E-state index contributed by atoms with van der Waals surface area (Å²) in [4.78, 5) is 12.1. The van der Waals surface area contributed by atoms with E-state index in [4.69, 9.17) is 20.4 Å². The summed E-state index contributed by atoms with van der Waals surface area (Å²) in [5, 5.41) is 11.2. The first kappa shape index (κ1) is 21.0. The summed E-state index contributed by atoms with van der Waals surface area (Å²) in [5.74, 6) is 0.217. The molecule has 1 N–H and O–H groups in total. The molecule has 0 aliphatic heterocycles. The topological polar surface area (TPSA) is 101 Å². The molecule has 0 atom stereocenters. The number of furan rings is 1. The van der Waals surface area contributed by atoms with Crippen LogP contribution in [0.1, 0.15) is 11.1 Å². The number of halogens is 1. The molecule has 0 spiro atoms. The quantitative estimate of drug-likeness (QED) is 0.468. The number of aromatic hydroxyl groups is 1. The number of anilines is 1. The highest BCUT2D eigenvalue weighted by atomic mass is 35.5. The van der Waals surface area contributed by atoms with E-state index >= 15 is 0 Å². The molecular formula is C22H18ClNO6S. The van der Waals surface area contributed by atoms with Gasteiger partial charge in [0, 0.05) is 23.0 Å². The van der Waals surface area contributed by atoms with Gasteiger partial charge >= 0.3 is 5.63 Å². The van der Waals surface area contributed by atoms with E-state index in [-0.39, 0.29) is 27.7 Å². The molecule has 7 nitrogen and oxygen atoms in total. The maximum absolute atomic E-state index is 12.9. The lowest BCUT2D eigenvalue weighted by atomic mass is 10.1. The van der Waals surface area contributed by atoms with Crippen LogP contribution >= 0.6 is 11.6 Å². The van der Waals surface area contributed by atoms with Gasteiger partial charge < -0.3 is 13.9 Å². The third kappa shape index (κ3) is 3.58. The Labute approximate surface area is 183 Å².